The predicted octanol–water partition coefficient (Wildman–Crippen LogP) is 3.92. The van der Waals surface area contributed by atoms with Crippen LogP contribution in [-0.2, 0) is 26.9 Å². The quantitative estimate of drug-likeness (QED) is 0.333. The molecular formula is C29H27BN2. The molecule has 0 saturated heterocycles. The first-order valence-corrected chi connectivity index (χ1v) is 11.7. The van der Waals surface area contributed by atoms with Gasteiger partial charge in [0.2, 0.25) is 6.71 Å². The van der Waals surface area contributed by atoms with E-state index in [1.54, 1.807) is 5.46 Å². The number of fused-ring (bicyclic) bond motifs is 8. The third-order valence-electron chi connectivity index (χ3n) is 8.12. The van der Waals surface area contributed by atoms with Gasteiger partial charge in [0.25, 0.3) is 0 Å². The van der Waals surface area contributed by atoms with Gasteiger partial charge in [-0.15, -0.1) is 0 Å². The van der Waals surface area contributed by atoms with Gasteiger partial charge in [-0.25, -0.2) is 0 Å². The van der Waals surface area contributed by atoms with E-state index in [4.69, 9.17) is 0 Å². The molecular weight excluding hydrogens is 387 g/mol. The lowest BCUT2D eigenvalue weighted by Gasteiger charge is -2.32. The molecule has 2 aromatic heterocycles. The fourth-order valence-electron chi connectivity index (χ4n) is 6.74. The minimum Gasteiger partial charge on any atom is -0.348 e. The molecule has 0 amide bonds. The molecule has 0 N–H and O–H groups in total. The van der Waals surface area contributed by atoms with Crippen molar-refractivity contribution in [3.05, 3.63) is 87.7 Å². The molecule has 0 saturated carbocycles. The van der Waals surface area contributed by atoms with E-state index in [0.717, 1.165) is 12.8 Å². The summed E-state index contributed by atoms with van der Waals surface area (Å²) in [5.41, 5.74) is 17.4. The van der Waals surface area contributed by atoms with Crippen molar-refractivity contribution in [2.45, 2.75) is 33.6 Å². The Balaban J connectivity index is 1.67. The second-order valence-corrected chi connectivity index (χ2v) is 10.2. The maximum absolute atomic E-state index is 2.46. The molecule has 2 nitrogen and oxygen atoms in total. The van der Waals surface area contributed by atoms with Crippen LogP contribution >= 0.6 is 0 Å². The molecule has 3 heteroatoms. The molecule has 0 atom stereocenters. The van der Waals surface area contributed by atoms with Gasteiger partial charge in [-0.3, -0.25) is 0 Å². The largest absolute Gasteiger partial charge is 0.348 e. The molecule has 2 aliphatic heterocycles. The smallest absolute Gasteiger partial charge is 0.248 e. The Hall–Kier alpha value is -3.20. The van der Waals surface area contributed by atoms with Gasteiger partial charge >= 0.3 is 0 Å². The van der Waals surface area contributed by atoms with Crippen molar-refractivity contribution in [2.24, 2.45) is 14.1 Å². The number of aromatic nitrogens is 2. The summed E-state index contributed by atoms with van der Waals surface area (Å²) in [5, 5.41) is 2.85. The lowest BCUT2D eigenvalue weighted by atomic mass is 9.31. The van der Waals surface area contributed by atoms with Gasteiger partial charge in [0, 0.05) is 49.4 Å². The summed E-state index contributed by atoms with van der Waals surface area (Å²) in [6.45, 7) is 6.97. The lowest BCUT2D eigenvalue weighted by molar-refractivity contribution is 0.872. The fraction of sp³-hybridized carbons (Fsp3) is 0.241. The molecule has 7 rings (SSSR count). The second-order valence-electron chi connectivity index (χ2n) is 10.2. The number of hydrogen-bond donors (Lipinski definition) is 0. The minimum absolute atomic E-state index is 0.311. The van der Waals surface area contributed by atoms with Gasteiger partial charge in [-0.2, -0.15) is 0 Å². The summed E-state index contributed by atoms with van der Waals surface area (Å²) in [4.78, 5) is 0. The highest BCUT2D eigenvalue weighted by Gasteiger charge is 2.42. The highest BCUT2D eigenvalue weighted by Crippen LogP contribution is 2.31. The van der Waals surface area contributed by atoms with Crippen molar-refractivity contribution in [1.29, 1.82) is 0 Å². The summed E-state index contributed by atoms with van der Waals surface area (Å²) in [6, 6.07) is 18.9. The van der Waals surface area contributed by atoms with Crippen molar-refractivity contribution in [3.63, 3.8) is 0 Å². The van der Waals surface area contributed by atoms with Gasteiger partial charge in [0.1, 0.15) is 0 Å². The first kappa shape index (κ1) is 18.4. The standard InChI is InChI=1S/C29H27BN2/c1-16-6-8-21-23(12-16)31(4)25-14-19-10-18(3)11-20-15-26-29(30(27(19)20)28(21)25)22-9-7-17(2)13-24(22)32(26)5/h6-13H,14-15H2,1-5H3. The van der Waals surface area contributed by atoms with E-state index in [1.165, 1.54) is 71.9 Å². The molecule has 4 heterocycles. The first-order valence-electron chi connectivity index (χ1n) is 11.7. The molecule has 0 radical (unpaired) electrons. The summed E-state index contributed by atoms with van der Waals surface area (Å²) in [5.74, 6) is 0. The Morgan fingerprint density at radius 3 is 1.53 bits per heavy atom. The number of rotatable bonds is 0. The van der Waals surface area contributed by atoms with Crippen LogP contribution in [-0.4, -0.2) is 15.8 Å². The summed E-state index contributed by atoms with van der Waals surface area (Å²) >= 11 is 0. The van der Waals surface area contributed by atoms with E-state index in [1.807, 2.05) is 0 Å². The maximum Gasteiger partial charge on any atom is 0.248 e. The number of hydrogen-bond acceptors (Lipinski definition) is 0. The Bertz CT molecular complexity index is 1510. The lowest BCUT2D eigenvalue weighted by Crippen LogP contribution is -2.61. The Morgan fingerprint density at radius 1 is 0.594 bits per heavy atom. The van der Waals surface area contributed by atoms with Crippen molar-refractivity contribution in [2.75, 3.05) is 0 Å². The van der Waals surface area contributed by atoms with Gasteiger partial charge < -0.3 is 9.13 Å². The normalized spacial score (nSPS) is 14.1. The first-order chi connectivity index (χ1) is 15.4. The van der Waals surface area contributed by atoms with Crippen LogP contribution in [0, 0.1) is 20.8 Å². The van der Waals surface area contributed by atoms with Gasteiger partial charge in [0.05, 0.1) is 0 Å². The third-order valence-corrected chi connectivity index (χ3v) is 8.12. The number of nitrogens with zero attached hydrogens (tertiary/aromatic N) is 2. The van der Waals surface area contributed by atoms with Crippen LogP contribution in [0.1, 0.15) is 39.2 Å². The average molecular weight is 414 g/mol. The van der Waals surface area contributed by atoms with Crippen molar-refractivity contribution >= 4 is 44.9 Å². The van der Waals surface area contributed by atoms with Crippen molar-refractivity contribution < 1.29 is 0 Å². The SMILES string of the molecule is Cc1cc2c3c(c1)Cc1c(c4ccc(C)cc4n1C)B3c1c(n(C)c3cc(C)ccc13)C2. The van der Waals surface area contributed by atoms with Crippen LogP contribution in [0.5, 0.6) is 0 Å². The molecule has 0 aliphatic carbocycles. The summed E-state index contributed by atoms with van der Waals surface area (Å²) in [7, 11) is 4.52. The zero-order valence-corrected chi connectivity index (χ0v) is 19.5. The third kappa shape index (κ3) is 2.16. The van der Waals surface area contributed by atoms with Gasteiger partial charge in [-0.05, 0) is 76.9 Å². The summed E-state index contributed by atoms with van der Waals surface area (Å²) in [6.07, 6.45) is 2.05. The molecule has 32 heavy (non-hydrogen) atoms. The molecule has 0 unspecified atom stereocenters. The predicted molar refractivity (Wildman–Crippen MR) is 137 cm³/mol. The van der Waals surface area contributed by atoms with Crippen LogP contribution in [0.25, 0.3) is 21.8 Å². The molecule has 0 bridgehead atoms. The van der Waals surface area contributed by atoms with Crippen LogP contribution in [0.4, 0.5) is 0 Å². The van der Waals surface area contributed by atoms with Crippen LogP contribution in [0.15, 0.2) is 48.5 Å². The van der Waals surface area contributed by atoms with E-state index in [2.05, 4.69) is 92.5 Å². The topological polar surface area (TPSA) is 9.86 Å². The van der Waals surface area contributed by atoms with Crippen LogP contribution < -0.4 is 16.4 Å². The molecule has 3 aromatic carbocycles. The average Bonchev–Trinajstić information content (AvgIpc) is 3.19. The highest BCUT2D eigenvalue weighted by atomic mass is 15.0. The van der Waals surface area contributed by atoms with Gasteiger partial charge in [-0.1, -0.05) is 47.4 Å². The molecule has 2 aliphatic rings. The van der Waals surface area contributed by atoms with Gasteiger partial charge in [0.15, 0.2) is 0 Å². The number of aryl methyl sites for hydroxylation is 5. The van der Waals surface area contributed by atoms with Crippen molar-refractivity contribution in [1.82, 2.24) is 9.13 Å². The molecule has 0 fully saturated rings. The van der Waals surface area contributed by atoms with E-state index < -0.39 is 0 Å². The van der Waals surface area contributed by atoms with E-state index in [-0.39, 0.29) is 0 Å². The Morgan fingerprint density at radius 2 is 1.06 bits per heavy atom. The zero-order valence-electron chi connectivity index (χ0n) is 19.5. The second kappa shape index (κ2) is 5.98. The fourth-order valence-corrected chi connectivity index (χ4v) is 6.74. The van der Waals surface area contributed by atoms with Crippen molar-refractivity contribution in [3.8, 4) is 0 Å². The molecule has 156 valence electrons. The maximum atomic E-state index is 2.46. The highest BCUT2D eigenvalue weighted by molar-refractivity contribution is 7.00. The molecule has 5 aromatic rings. The van der Waals surface area contributed by atoms with E-state index in [9.17, 15) is 0 Å². The summed E-state index contributed by atoms with van der Waals surface area (Å²) < 4.78 is 4.93. The van der Waals surface area contributed by atoms with E-state index in [0.29, 0.717) is 6.71 Å². The Kier molecular flexibility index (Phi) is 3.43. The van der Waals surface area contributed by atoms with E-state index >= 15 is 0 Å². The van der Waals surface area contributed by atoms with Crippen LogP contribution in [0.2, 0.25) is 0 Å². The minimum atomic E-state index is 0.311. The molecule has 0 spiro atoms. The number of benzene rings is 3. The Labute approximate surface area is 189 Å². The monoisotopic (exact) mass is 414 g/mol. The van der Waals surface area contributed by atoms with Crippen LogP contribution in [0.3, 0.4) is 0 Å². The zero-order chi connectivity index (χ0) is 21.9.